The number of halogens is 1. The van der Waals surface area contributed by atoms with Crippen LogP contribution >= 0.6 is 15.9 Å². The molecule has 0 saturated heterocycles. The molecule has 7 heteroatoms. The first kappa shape index (κ1) is 15.7. The monoisotopic (exact) mass is 383 g/mol. The predicted molar refractivity (Wildman–Crippen MR) is 89.7 cm³/mol. The van der Waals surface area contributed by atoms with Crippen LogP contribution in [0.4, 0.5) is 0 Å². The summed E-state index contributed by atoms with van der Waals surface area (Å²) in [5.41, 5.74) is 1.97. The molecule has 1 aromatic heterocycles. The van der Waals surface area contributed by atoms with E-state index in [9.17, 15) is 8.42 Å². The molecule has 1 aliphatic rings. The highest BCUT2D eigenvalue weighted by atomic mass is 79.9. The van der Waals surface area contributed by atoms with Gasteiger partial charge in [0.25, 0.3) is 10.2 Å². The number of hydrogen-bond acceptors (Lipinski definition) is 2. The molecule has 0 spiro atoms. The van der Waals surface area contributed by atoms with E-state index in [1.54, 1.807) is 18.4 Å². The van der Waals surface area contributed by atoms with Crippen molar-refractivity contribution in [2.45, 2.75) is 12.6 Å². The van der Waals surface area contributed by atoms with Crippen molar-refractivity contribution in [2.75, 3.05) is 20.6 Å². The Balaban J connectivity index is 2.13. The number of hydrogen-bond donors (Lipinski definition) is 0. The molecule has 5 nitrogen and oxygen atoms in total. The Labute approximate surface area is 139 Å². The Morgan fingerprint density at radius 2 is 1.82 bits per heavy atom. The Kier molecular flexibility index (Phi) is 4.15. The van der Waals surface area contributed by atoms with Gasteiger partial charge >= 0.3 is 0 Å². The molecule has 0 aliphatic carbocycles. The minimum absolute atomic E-state index is 0.302. The zero-order valence-electron chi connectivity index (χ0n) is 12.5. The van der Waals surface area contributed by atoms with Crippen molar-refractivity contribution < 1.29 is 8.42 Å². The van der Waals surface area contributed by atoms with Crippen LogP contribution in [-0.2, 0) is 16.8 Å². The lowest BCUT2D eigenvalue weighted by Crippen LogP contribution is -2.47. The van der Waals surface area contributed by atoms with Gasteiger partial charge in [-0.15, -0.1) is 0 Å². The molecule has 0 bridgehead atoms. The average Bonchev–Trinajstić information content (AvgIpc) is 2.95. The van der Waals surface area contributed by atoms with Gasteiger partial charge in [0.2, 0.25) is 0 Å². The maximum atomic E-state index is 12.7. The molecular formula is C15H18BrN3O2S. The third-order valence-electron chi connectivity index (χ3n) is 3.94. The lowest BCUT2D eigenvalue weighted by Gasteiger charge is -2.37. The van der Waals surface area contributed by atoms with Gasteiger partial charge in [-0.05, 0) is 29.8 Å². The van der Waals surface area contributed by atoms with Crippen LogP contribution < -0.4 is 0 Å². The van der Waals surface area contributed by atoms with Gasteiger partial charge in [-0.1, -0.05) is 28.1 Å². The fourth-order valence-electron chi connectivity index (χ4n) is 2.80. The number of nitrogens with zero attached hydrogens (tertiary/aromatic N) is 3. The first-order valence-electron chi connectivity index (χ1n) is 7.01. The van der Waals surface area contributed by atoms with E-state index < -0.39 is 10.2 Å². The van der Waals surface area contributed by atoms with Crippen LogP contribution in [-0.4, -0.2) is 42.2 Å². The third-order valence-corrected chi connectivity index (χ3v) is 6.38. The van der Waals surface area contributed by atoms with Crippen molar-refractivity contribution in [1.82, 2.24) is 13.2 Å². The van der Waals surface area contributed by atoms with Crippen LogP contribution in [0.15, 0.2) is 47.1 Å². The van der Waals surface area contributed by atoms with Crippen LogP contribution in [0.5, 0.6) is 0 Å². The van der Waals surface area contributed by atoms with Crippen molar-refractivity contribution >= 4 is 26.1 Å². The lowest BCUT2D eigenvalue weighted by atomic mass is 10.0. The molecule has 0 saturated carbocycles. The summed E-state index contributed by atoms with van der Waals surface area (Å²) < 4.78 is 31.3. The second-order valence-corrected chi connectivity index (χ2v) is 8.49. The molecule has 0 unspecified atom stereocenters. The van der Waals surface area contributed by atoms with Gasteiger partial charge in [0.1, 0.15) is 0 Å². The van der Waals surface area contributed by atoms with Gasteiger partial charge in [0.05, 0.1) is 6.04 Å². The summed E-state index contributed by atoms with van der Waals surface area (Å²) in [5.74, 6) is 0. The molecule has 118 valence electrons. The van der Waals surface area contributed by atoms with Gasteiger partial charge in [-0.25, -0.2) is 0 Å². The van der Waals surface area contributed by atoms with E-state index in [4.69, 9.17) is 0 Å². The smallest absolute Gasteiger partial charge is 0.282 e. The van der Waals surface area contributed by atoms with E-state index in [0.29, 0.717) is 13.1 Å². The Morgan fingerprint density at radius 3 is 2.45 bits per heavy atom. The standard InChI is InChI=1S/C15H18BrN3O2S/c1-17(2)22(20,21)19-11-10-18-9-3-4-14(18)15(19)12-5-7-13(16)8-6-12/h3-9,15H,10-11H2,1-2H3/t15-/m0/s1. The Morgan fingerprint density at radius 1 is 1.14 bits per heavy atom. The minimum Gasteiger partial charge on any atom is -0.348 e. The lowest BCUT2D eigenvalue weighted by molar-refractivity contribution is 0.281. The molecule has 0 N–H and O–H groups in total. The van der Waals surface area contributed by atoms with Gasteiger partial charge in [0, 0.05) is 43.5 Å². The van der Waals surface area contributed by atoms with E-state index in [1.807, 2.05) is 42.6 Å². The van der Waals surface area contributed by atoms with Gasteiger partial charge < -0.3 is 4.57 Å². The summed E-state index contributed by atoms with van der Waals surface area (Å²) in [6.07, 6.45) is 2.00. The van der Waals surface area contributed by atoms with E-state index >= 15 is 0 Å². The zero-order chi connectivity index (χ0) is 15.9. The van der Waals surface area contributed by atoms with Crippen LogP contribution in [0.2, 0.25) is 0 Å². The van der Waals surface area contributed by atoms with Crippen molar-refractivity contribution in [2.24, 2.45) is 0 Å². The SMILES string of the molecule is CN(C)S(=O)(=O)N1CCn2cccc2[C@@H]1c1ccc(Br)cc1. The van der Waals surface area contributed by atoms with Gasteiger partial charge in [-0.3, -0.25) is 0 Å². The van der Waals surface area contributed by atoms with E-state index in [1.165, 1.54) is 4.31 Å². The molecule has 0 radical (unpaired) electrons. The number of benzene rings is 1. The first-order chi connectivity index (χ1) is 10.4. The van der Waals surface area contributed by atoms with Crippen molar-refractivity contribution in [3.63, 3.8) is 0 Å². The quantitative estimate of drug-likeness (QED) is 0.816. The highest BCUT2D eigenvalue weighted by Gasteiger charge is 2.37. The molecule has 0 amide bonds. The number of rotatable bonds is 3. The molecule has 22 heavy (non-hydrogen) atoms. The summed E-state index contributed by atoms with van der Waals surface area (Å²) in [4.78, 5) is 0. The van der Waals surface area contributed by atoms with E-state index in [2.05, 4.69) is 20.5 Å². The molecular weight excluding hydrogens is 366 g/mol. The van der Waals surface area contributed by atoms with Gasteiger partial charge in [-0.2, -0.15) is 17.0 Å². The molecule has 2 aromatic rings. The zero-order valence-corrected chi connectivity index (χ0v) is 14.9. The minimum atomic E-state index is -3.49. The predicted octanol–water partition coefficient (Wildman–Crippen LogP) is 2.46. The Hall–Kier alpha value is -1.15. The summed E-state index contributed by atoms with van der Waals surface area (Å²) in [6.45, 7) is 1.13. The van der Waals surface area contributed by atoms with Crippen LogP contribution in [0, 0.1) is 0 Å². The summed E-state index contributed by atoms with van der Waals surface area (Å²) >= 11 is 3.43. The summed E-state index contributed by atoms with van der Waals surface area (Å²) in [5, 5.41) is 0. The molecule has 0 fully saturated rings. The maximum absolute atomic E-state index is 12.7. The second-order valence-electron chi connectivity index (χ2n) is 5.48. The fraction of sp³-hybridized carbons (Fsp3) is 0.333. The number of aromatic nitrogens is 1. The average molecular weight is 384 g/mol. The molecule has 3 rings (SSSR count). The highest BCUT2D eigenvalue weighted by Crippen LogP contribution is 2.35. The molecule has 1 aromatic carbocycles. The van der Waals surface area contributed by atoms with Crippen molar-refractivity contribution in [3.05, 3.63) is 58.3 Å². The van der Waals surface area contributed by atoms with Crippen molar-refractivity contribution in [3.8, 4) is 0 Å². The topological polar surface area (TPSA) is 45.6 Å². The van der Waals surface area contributed by atoms with Crippen molar-refractivity contribution in [1.29, 1.82) is 0 Å². The summed E-state index contributed by atoms with van der Waals surface area (Å²) in [7, 11) is -0.344. The number of fused-ring (bicyclic) bond motifs is 1. The van der Waals surface area contributed by atoms with E-state index in [-0.39, 0.29) is 6.04 Å². The second kappa shape index (κ2) is 5.81. The third kappa shape index (κ3) is 2.62. The highest BCUT2D eigenvalue weighted by molar-refractivity contribution is 9.10. The summed E-state index contributed by atoms with van der Waals surface area (Å²) in [6, 6.07) is 11.5. The van der Waals surface area contributed by atoms with Crippen LogP contribution in [0.25, 0.3) is 0 Å². The fourth-order valence-corrected chi connectivity index (χ4v) is 4.29. The van der Waals surface area contributed by atoms with Crippen LogP contribution in [0.1, 0.15) is 17.3 Å². The maximum Gasteiger partial charge on any atom is 0.282 e. The molecule has 1 aliphatic heterocycles. The largest absolute Gasteiger partial charge is 0.348 e. The molecule has 2 heterocycles. The molecule has 1 atom stereocenters. The normalized spacial score (nSPS) is 19.4. The van der Waals surface area contributed by atoms with Crippen LogP contribution in [0.3, 0.4) is 0 Å². The van der Waals surface area contributed by atoms with Gasteiger partial charge in [0.15, 0.2) is 0 Å². The Bertz CT molecular complexity index is 768. The van der Waals surface area contributed by atoms with E-state index in [0.717, 1.165) is 15.7 Å². The first-order valence-corrected chi connectivity index (χ1v) is 9.20.